The average Bonchev–Trinajstić information content (AvgIpc) is 3.05. The third kappa shape index (κ3) is 7.39. The van der Waals surface area contributed by atoms with Gasteiger partial charge in [0.25, 0.3) is 0 Å². The molecule has 2 heterocycles. The second kappa shape index (κ2) is 10.5. The van der Waals surface area contributed by atoms with Crippen LogP contribution in [0.4, 0.5) is 0 Å². The minimum Gasteiger partial charge on any atom is -0.357 e. The first-order chi connectivity index (χ1) is 10.6. The zero-order chi connectivity index (χ0) is 15.9. The summed E-state index contributed by atoms with van der Waals surface area (Å²) in [5.74, 6) is 1.66. The van der Waals surface area contributed by atoms with Crippen LogP contribution in [-0.4, -0.2) is 50.1 Å². The van der Waals surface area contributed by atoms with Crippen molar-refractivity contribution in [3.8, 4) is 0 Å². The summed E-state index contributed by atoms with van der Waals surface area (Å²) in [6.45, 7) is 10.7. The van der Waals surface area contributed by atoms with Gasteiger partial charge in [-0.15, -0.1) is 35.3 Å². The number of halogens is 1. The molecule has 0 spiro atoms. The largest absolute Gasteiger partial charge is 0.357 e. The molecule has 2 N–H and O–H groups in total. The van der Waals surface area contributed by atoms with Gasteiger partial charge < -0.3 is 15.5 Å². The Morgan fingerprint density at radius 2 is 2.26 bits per heavy atom. The van der Waals surface area contributed by atoms with Crippen LogP contribution in [0.5, 0.6) is 0 Å². The Kier molecular flexibility index (Phi) is 9.46. The van der Waals surface area contributed by atoms with Crippen molar-refractivity contribution in [3.63, 3.8) is 0 Å². The lowest BCUT2D eigenvalue weighted by atomic mass is 10.1. The number of thiophene rings is 1. The molecule has 0 saturated carbocycles. The maximum absolute atomic E-state index is 4.79. The Morgan fingerprint density at radius 1 is 1.48 bits per heavy atom. The van der Waals surface area contributed by atoms with Crippen molar-refractivity contribution in [1.29, 1.82) is 0 Å². The van der Waals surface area contributed by atoms with Gasteiger partial charge in [0.2, 0.25) is 0 Å². The summed E-state index contributed by atoms with van der Waals surface area (Å²) in [5.41, 5.74) is 0. The quantitative estimate of drug-likeness (QED) is 0.398. The van der Waals surface area contributed by atoms with E-state index in [2.05, 4.69) is 55.5 Å². The highest BCUT2D eigenvalue weighted by Crippen LogP contribution is 2.17. The molecule has 1 saturated heterocycles. The van der Waals surface area contributed by atoms with Gasteiger partial charge >= 0.3 is 0 Å². The fourth-order valence-electron chi connectivity index (χ4n) is 2.90. The molecule has 2 atom stereocenters. The maximum atomic E-state index is 4.79. The van der Waals surface area contributed by atoms with E-state index in [1.807, 2.05) is 11.3 Å². The Labute approximate surface area is 162 Å². The van der Waals surface area contributed by atoms with Gasteiger partial charge in [0.05, 0.1) is 0 Å². The maximum Gasteiger partial charge on any atom is 0.191 e. The molecule has 0 aromatic carbocycles. The number of rotatable bonds is 6. The van der Waals surface area contributed by atoms with E-state index >= 15 is 0 Å². The highest BCUT2D eigenvalue weighted by molar-refractivity contribution is 14.0. The normalized spacial score (nSPS) is 20.2. The van der Waals surface area contributed by atoms with Gasteiger partial charge in [0.1, 0.15) is 0 Å². The number of likely N-dealkylation sites (tertiary alicyclic amines) is 1. The Balaban J connectivity index is 0.00000264. The topological polar surface area (TPSA) is 39.7 Å². The number of nitrogens with one attached hydrogen (secondary N) is 2. The molecule has 1 aliphatic heterocycles. The molecular formula is C17H31IN4S. The highest BCUT2D eigenvalue weighted by atomic mass is 127. The van der Waals surface area contributed by atoms with Crippen LogP contribution >= 0.6 is 35.3 Å². The van der Waals surface area contributed by atoms with Crippen molar-refractivity contribution in [3.05, 3.63) is 21.9 Å². The minimum absolute atomic E-state index is 0. The lowest BCUT2D eigenvalue weighted by molar-refractivity contribution is 0.397. The number of nitrogens with zero attached hydrogens (tertiary/aromatic N) is 2. The van der Waals surface area contributed by atoms with Crippen LogP contribution in [0.2, 0.25) is 0 Å². The summed E-state index contributed by atoms with van der Waals surface area (Å²) in [4.78, 5) is 10.00. The molecule has 1 fully saturated rings. The van der Waals surface area contributed by atoms with E-state index < -0.39 is 0 Å². The summed E-state index contributed by atoms with van der Waals surface area (Å²) in [6, 6.07) is 4.82. The number of hydrogen-bond donors (Lipinski definition) is 2. The standard InChI is InChI=1S/C17H30N4S.HI/c1-5-18-17(19-11-15-8-9-21(4)12-15)20-13(2)10-16-7-6-14(3)22-16;/h6-7,13,15H,5,8-12H2,1-4H3,(H2,18,19,20);1H. The van der Waals surface area contributed by atoms with Crippen LogP contribution in [0, 0.1) is 12.8 Å². The van der Waals surface area contributed by atoms with Crippen LogP contribution < -0.4 is 10.6 Å². The van der Waals surface area contributed by atoms with Crippen LogP contribution in [0.15, 0.2) is 17.1 Å². The fourth-order valence-corrected chi connectivity index (χ4v) is 3.92. The van der Waals surface area contributed by atoms with Crippen molar-refractivity contribution < 1.29 is 0 Å². The van der Waals surface area contributed by atoms with Gasteiger partial charge in [-0.25, -0.2) is 0 Å². The van der Waals surface area contributed by atoms with Gasteiger partial charge in [-0.3, -0.25) is 4.99 Å². The van der Waals surface area contributed by atoms with Crippen molar-refractivity contribution in [2.75, 3.05) is 33.2 Å². The van der Waals surface area contributed by atoms with E-state index in [0.29, 0.717) is 12.0 Å². The molecular weight excluding hydrogens is 419 g/mol. The van der Waals surface area contributed by atoms with E-state index in [1.165, 1.54) is 29.3 Å². The highest BCUT2D eigenvalue weighted by Gasteiger charge is 2.19. The van der Waals surface area contributed by atoms with E-state index in [4.69, 9.17) is 4.99 Å². The average molecular weight is 450 g/mol. The smallest absolute Gasteiger partial charge is 0.191 e. The minimum atomic E-state index is 0. The molecule has 2 unspecified atom stereocenters. The second-order valence-electron chi connectivity index (χ2n) is 6.40. The Morgan fingerprint density at radius 3 is 2.83 bits per heavy atom. The number of hydrogen-bond acceptors (Lipinski definition) is 3. The monoisotopic (exact) mass is 450 g/mol. The lowest BCUT2D eigenvalue weighted by Crippen LogP contribution is -2.43. The predicted octanol–water partition coefficient (Wildman–Crippen LogP) is 3.11. The molecule has 0 aliphatic carbocycles. The SMILES string of the molecule is CCNC(=NCC1CCN(C)C1)NC(C)Cc1ccc(C)s1.I. The summed E-state index contributed by atoms with van der Waals surface area (Å²) >= 11 is 1.88. The van der Waals surface area contributed by atoms with Crippen molar-refractivity contribution in [1.82, 2.24) is 15.5 Å². The molecule has 2 rings (SSSR count). The lowest BCUT2D eigenvalue weighted by Gasteiger charge is -2.18. The van der Waals surface area contributed by atoms with E-state index in [-0.39, 0.29) is 24.0 Å². The molecule has 132 valence electrons. The number of aliphatic imine (C=N–C) groups is 1. The molecule has 0 bridgehead atoms. The third-order valence-electron chi connectivity index (χ3n) is 4.03. The molecule has 6 heteroatoms. The molecule has 0 amide bonds. The summed E-state index contributed by atoms with van der Waals surface area (Å²) < 4.78 is 0. The van der Waals surface area contributed by atoms with Crippen LogP contribution in [0.25, 0.3) is 0 Å². The van der Waals surface area contributed by atoms with E-state index in [1.54, 1.807) is 0 Å². The molecule has 1 aromatic heterocycles. The first-order valence-electron chi connectivity index (χ1n) is 8.35. The van der Waals surface area contributed by atoms with Gasteiger partial charge in [0.15, 0.2) is 5.96 Å². The van der Waals surface area contributed by atoms with E-state index in [0.717, 1.165) is 25.5 Å². The molecule has 4 nitrogen and oxygen atoms in total. The fraction of sp³-hybridized carbons (Fsp3) is 0.706. The Hall–Kier alpha value is -0.340. The van der Waals surface area contributed by atoms with Gasteiger partial charge in [0, 0.05) is 41.9 Å². The first kappa shape index (κ1) is 20.7. The van der Waals surface area contributed by atoms with Crippen molar-refractivity contribution in [2.45, 2.75) is 39.7 Å². The summed E-state index contributed by atoms with van der Waals surface area (Å²) in [7, 11) is 2.19. The number of aryl methyl sites for hydroxylation is 1. The zero-order valence-electron chi connectivity index (χ0n) is 14.8. The second-order valence-corrected chi connectivity index (χ2v) is 7.77. The molecule has 1 aromatic rings. The molecule has 23 heavy (non-hydrogen) atoms. The first-order valence-corrected chi connectivity index (χ1v) is 9.17. The van der Waals surface area contributed by atoms with Gasteiger partial charge in [-0.2, -0.15) is 0 Å². The predicted molar refractivity (Wildman–Crippen MR) is 112 cm³/mol. The van der Waals surface area contributed by atoms with Gasteiger partial charge in [-0.1, -0.05) is 0 Å². The van der Waals surface area contributed by atoms with Crippen LogP contribution in [0.3, 0.4) is 0 Å². The van der Waals surface area contributed by atoms with Crippen molar-refractivity contribution in [2.24, 2.45) is 10.9 Å². The number of guanidine groups is 1. The zero-order valence-corrected chi connectivity index (χ0v) is 17.9. The van der Waals surface area contributed by atoms with Crippen LogP contribution in [-0.2, 0) is 6.42 Å². The Bertz CT molecular complexity index is 489. The van der Waals surface area contributed by atoms with Crippen LogP contribution in [0.1, 0.15) is 30.0 Å². The van der Waals surface area contributed by atoms with Crippen molar-refractivity contribution >= 4 is 41.3 Å². The third-order valence-corrected chi connectivity index (χ3v) is 5.05. The molecule has 1 aliphatic rings. The van der Waals surface area contributed by atoms with Gasteiger partial charge in [-0.05, 0) is 58.8 Å². The summed E-state index contributed by atoms with van der Waals surface area (Å²) in [5, 5.41) is 6.91. The van der Waals surface area contributed by atoms with E-state index in [9.17, 15) is 0 Å². The molecule has 0 radical (unpaired) electrons. The summed E-state index contributed by atoms with van der Waals surface area (Å²) in [6.07, 6.45) is 2.32.